The number of nitrogens with two attached hydrogens (primary N) is 1. The fraction of sp³-hybridized carbons (Fsp3) is 0.0588. The van der Waals surface area contributed by atoms with E-state index in [1.54, 1.807) is 0 Å². The third kappa shape index (κ3) is 3.54. The van der Waals surface area contributed by atoms with Gasteiger partial charge < -0.3 is 16.2 Å². The highest BCUT2D eigenvalue weighted by Gasteiger charge is 2.31. The van der Waals surface area contributed by atoms with Gasteiger partial charge in [0.1, 0.15) is 5.56 Å². The first-order valence-electron chi connectivity index (χ1n) is 7.81. The normalized spacial score (nSPS) is 11.4. The molecule has 0 aliphatic carbocycles. The lowest BCUT2D eigenvalue weighted by Crippen LogP contribution is -2.19. The molecule has 0 saturated carbocycles. The van der Waals surface area contributed by atoms with Gasteiger partial charge in [-0.3, -0.25) is 14.9 Å². The van der Waals surface area contributed by atoms with Crippen LogP contribution < -0.4 is 11.1 Å². The van der Waals surface area contributed by atoms with Crippen LogP contribution in [-0.2, 0) is 6.18 Å². The Bertz CT molecular complexity index is 1170. The molecule has 0 fully saturated rings. The van der Waals surface area contributed by atoms with Gasteiger partial charge in [0.15, 0.2) is 0 Å². The van der Waals surface area contributed by atoms with Crippen LogP contribution in [0.2, 0.25) is 0 Å². The van der Waals surface area contributed by atoms with Crippen LogP contribution in [0.1, 0.15) is 15.9 Å². The van der Waals surface area contributed by atoms with Gasteiger partial charge in [0.2, 0.25) is 5.88 Å². The number of halogens is 3. The Morgan fingerprint density at radius 1 is 1.17 bits per heavy atom. The van der Waals surface area contributed by atoms with Crippen LogP contribution in [-0.4, -0.2) is 26.5 Å². The number of alkyl halides is 3. The summed E-state index contributed by atoms with van der Waals surface area (Å²) in [5.41, 5.74) is 2.84. The van der Waals surface area contributed by atoms with Gasteiger partial charge in [-0.2, -0.15) is 13.2 Å². The maximum Gasteiger partial charge on any atom is 0.416 e. The van der Waals surface area contributed by atoms with Gasteiger partial charge >= 0.3 is 12.2 Å². The molecule has 0 spiro atoms. The Hall–Kier alpha value is -4.09. The van der Waals surface area contributed by atoms with E-state index in [2.05, 4.69) is 5.32 Å². The van der Waals surface area contributed by atoms with Gasteiger partial charge in [0, 0.05) is 23.2 Å². The van der Waals surface area contributed by atoms with Crippen LogP contribution in [0.4, 0.5) is 29.3 Å². The quantitative estimate of drug-likeness (QED) is 0.450. The highest BCUT2D eigenvalue weighted by molar-refractivity contribution is 6.17. The number of benzene rings is 2. The number of carbonyl (C=O) groups is 2. The fourth-order valence-electron chi connectivity index (χ4n) is 2.79. The van der Waals surface area contributed by atoms with Gasteiger partial charge in [-0.05, 0) is 24.3 Å². The molecule has 4 N–H and O–H groups in total. The van der Waals surface area contributed by atoms with Crippen molar-refractivity contribution in [2.24, 2.45) is 5.73 Å². The summed E-state index contributed by atoms with van der Waals surface area (Å²) in [6.45, 7) is 0. The highest BCUT2D eigenvalue weighted by atomic mass is 19.4. The summed E-state index contributed by atoms with van der Waals surface area (Å²) in [6, 6.07) is 5.64. The van der Waals surface area contributed by atoms with Crippen molar-refractivity contribution in [3.8, 4) is 5.88 Å². The molecule has 0 unspecified atom stereocenters. The maximum atomic E-state index is 12.8. The van der Waals surface area contributed by atoms with Gasteiger partial charge in [0.05, 0.1) is 16.0 Å². The molecule has 0 aliphatic heterocycles. The minimum Gasteiger partial charge on any atom is -0.494 e. The second-order valence-corrected chi connectivity index (χ2v) is 5.86. The third-order valence-corrected chi connectivity index (χ3v) is 4.03. The van der Waals surface area contributed by atoms with E-state index < -0.39 is 45.7 Å². The number of rotatable bonds is 3. The average Bonchev–Trinajstić information content (AvgIpc) is 2.92. The lowest BCUT2D eigenvalue weighted by molar-refractivity contribution is -0.384. The summed E-state index contributed by atoms with van der Waals surface area (Å²) in [5.74, 6) is -2.00. The van der Waals surface area contributed by atoms with Crippen molar-refractivity contribution in [2.45, 2.75) is 6.18 Å². The monoisotopic (exact) mass is 408 g/mol. The molecular weight excluding hydrogens is 397 g/mol. The first-order chi connectivity index (χ1) is 13.5. The van der Waals surface area contributed by atoms with Gasteiger partial charge in [-0.1, -0.05) is 6.07 Å². The minimum atomic E-state index is -4.65. The van der Waals surface area contributed by atoms with E-state index in [4.69, 9.17) is 5.73 Å². The summed E-state index contributed by atoms with van der Waals surface area (Å²) >= 11 is 0. The summed E-state index contributed by atoms with van der Waals surface area (Å²) < 4.78 is 39.1. The first-order valence-corrected chi connectivity index (χ1v) is 7.81. The second kappa shape index (κ2) is 6.82. The number of nitro benzene ring substituents is 1. The molecule has 0 atom stereocenters. The zero-order valence-electron chi connectivity index (χ0n) is 14.2. The summed E-state index contributed by atoms with van der Waals surface area (Å²) in [4.78, 5) is 34.5. The molecule has 1 heterocycles. The number of nitro groups is 1. The van der Waals surface area contributed by atoms with Gasteiger partial charge in [-0.25, -0.2) is 9.36 Å². The lowest BCUT2D eigenvalue weighted by Gasteiger charge is -2.10. The largest absolute Gasteiger partial charge is 0.494 e. The van der Waals surface area contributed by atoms with E-state index in [0.29, 0.717) is 10.6 Å². The second-order valence-electron chi connectivity index (χ2n) is 5.86. The van der Waals surface area contributed by atoms with Crippen LogP contribution in [0.15, 0.2) is 42.5 Å². The molecule has 3 aromatic rings. The van der Waals surface area contributed by atoms with Crippen molar-refractivity contribution in [2.75, 3.05) is 5.32 Å². The molecule has 0 saturated heterocycles. The molecule has 2 aromatic carbocycles. The summed E-state index contributed by atoms with van der Waals surface area (Å²) in [6.07, 6.45) is -4.65. The lowest BCUT2D eigenvalue weighted by atomic mass is 10.1. The number of nitrogens with zero attached hydrogens (tertiary/aromatic N) is 2. The van der Waals surface area contributed by atoms with Crippen molar-refractivity contribution < 1.29 is 32.8 Å². The molecule has 2 amide bonds. The Morgan fingerprint density at radius 2 is 1.86 bits per heavy atom. The number of non-ortho nitro benzene ring substituents is 1. The number of fused-ring (bicyclic) bond motifs is 1. The maximum absolute atomic E-state index is 12.8. The Kier molecular flexibility index (Phi) is 4.62. The molecule has 9 nitrogen and oxygen atoms in total. The molecule has 150 valence electrons. The molecule has 3 rings (SSSR count). The van der Waals surface area contributed by atoms with Crippen LogP contribution in [0.5, 0.6) is 5.88 Å². The summed E-state index contributed by atoms with van der Waals surface area (Å²) in [7, 11) is 0. The number of primary amides is 1. The number of anilines is 1. The van der Waals surface area contributed by atoms with E-state index in [0.717, 1.165) is 30.3 Å². The number of hydrogen-bond donors (Lipinski definition) is 3. The number of nitrogens with one attached hydrogen (secondary N) is 1. The van der Waals surface area contributed by atoms with Crippen LogP contribution in [0, 0.1) is 10.1 Å². The van der Waals surface area contributed by atoms with Crippen LogP contribution in [0.3, 0.4) is 0 Å². The topological polar surface area (TPSA) is 140 Å². The molecule has 0 bridgehead atoms. The van der Waals surface area contributed by atoms with E-state index in [-0.39, 0.29) is 16.6 Å². The number of hydrogen-bond acceptors (Lipinski definition) is 5. The smallest absolute Gasteiger partial charge is 0.416 e. The predicted molar refractivity (Wildman–Crippen MR) is 94.6 cm³/mol. The van der Waals surface area contributed by atoms with Crippen molar-refractivity contribution >= 4 is 34.2 Å². The van der Waals surface area contributed by atoms with Gasteiger partial charge in [0.25, 0.3) is 11.6 Å². The molecule has 1 aromatic heterocycles. The standard InChI is InChI=1S/C17H11F3N4O5/c18-17(19,20)8-2-1-3-9(6-8)22-14(25)13-11-7-10(24(28)29)4-5-12(11)23(15(13)26)16(21)27/h1-7,26H,(H2,21,27)(H,22,25). The predicted octanol–water partition coefficient (Wildman–Crippen LogP) is 3.45. The summed E-state index contributed by atoms with van der Waals surface area (Å²) in [5, 5.41) is 23.3. The van der Waals surface area contributed by atoms with Crippen molar-refractivity contribution in [1.82, 2.24) is 4.57 Å². The molecular formula is C17H11F3N4O5. The van der Waals surface area contributed by atoms with E-state index in [1.807, 2.05) is 0 Å². The van der Waals surface area contributed by atoms with E-state index in [1.165, 1.54) is 6.07 Å². The minimum absolute atomic E-state index is 0.0882. The van der Waals surface area contributed by atoms with E-state index in [9.17, 15) is 38.0 Å². The number of aromatic nitrogens is 1. The number of carbonyl (C=O) groups excluding carboxylic acids is 2. The van der Waals surface area contributed by atoms with Crippen molar-refractivity contribution in [3.63, 3.8) is 0 Å². The van der Waals surface area contributed by atoms with E-state index >= 15 is 0 Å². The zero-order chi connectivity index (χ0) is 21.5. The Labute approximate surface area is 159 Å². The van der Waals surface area contributed by atoms with Crippen LogP contribution >= 0.6 is 0 Å². The molecule has 0 aliphatic rings. The SMILES string of the molecule is NC(=O)n1c(O)c(C(=O)Nc2cccc(C(F)(F)F)c2)c2cc([N+](=O)[O-])ccc21. The fourth-order valence-corrected chi connectivity index (χ4v) is 2.79. The number of aromatic hydroxyl groups is 1. The molecule has 12 heteroatoms. The molecule has 29 heavy (non-hydrogen) atoms. The highest BCUT2D eigenvalue weighted by Crippen LogP contribution is 2.35. The van der Waals surface area contributed by atoms with Crippen molar-refractivity contribution in [3.05, 3.63) is 63.7 Å². The first kappa shape index (κ1) is 19.7. The Balaban J connectivity index is 2.12. The van der Waals surface area contributed by atoms with Crippen LogP contribution in [0.25, 0.3) is 10.9 Å². The van der Waals surface area contributed by atoms with Gasteiger partial charge in [-0.15, -0.1) is 0 Å². The average molecular weight is 408 g/mol. The zero-order valence-corrected chi connectivity index (χ0v) is 14.2. The number of amides is 2. The Morgan fingerprint density at radius 3 is 2.45 bits per heavy atom. The van der Waals surface area contributed by atoms with Crippen molar-refractivity contribution in [1.29, 1.82) is 0 Å². The third-order valence-electron chi connectivity index (χ3n) is 4.03. The molecule has 0 radical (unpaired) electrons.